The second-order valence-corrected chi connectivity index (χ2v) is 4.82. The Balaban J connectivity index is 2.64. The van der Waals surface area contributed by atoms with Gasteiger partial charge in [0, 0.05) is 26.2 Å². The molecule has 1 unspecified atom stereocenters. The van der Waals surface area contributed by atoms with Crippen LogP contribution in [0, 0.1) is 0 Å². The number of hydrogen-bond donors (Lipinski definition) is 1. The van der Waals surface area contributed by atoms with Crippen molar-refractivity contribution < 1.29 is 4.74 Å². The lowest BCUT2D eigenvalue weighted by Crippen LogP contribution is -2.35. The molecule has 1 aromatic carbocycles. The summed E-state index contributed by atoms with van der Waals surface area (Å²) in [4.78, 5) is 2.42. The van der Waals surface area contributed by atoms with Gasteiger partial charge in [-0.2, -0.15) is 0 Å². The van der Waals surface area contributed by atoms with Crippen molar-refractivity contribution in [2.75, 3.05) is 40.4 Å². The van der Waals surface area contributed by atoms with Crippen LogP contribution in [-0.4, -0.2) is 45.3 Å². The summed E-state index contributed by atoms with van der Waals surface area (Å²) in [5.41, 5.74) is 2.75. The highest BCUT2D eigenvalue weighted by Gasteiger charge is 2.13. The van der Waals surface area contributed by atoms with E-state index in [1.54, 1.807) is 7.11 Å². The molecular weight excluding hydrogens is 236 g/mol. The lowest BCUT2D eigenvalue weighted by Gasteiger charge is -2.26. The molecule has 0 fully saturated rings. The maximum atomic E-state index is 5.16. The van der Waals surface area contributed by atoms with Crippen molar-refractivity contribution in [3.8, 4) is 0 Å². The normalized spacial score (nSPS) is 12.9. The monoisotopic (exact) mass is 264 g/mol. The smallest absolute Gasteiger partial charge is 0.0589 e. The molecule has 0 aliphatic heterocycles. The van der Waals surface area contributed by atoms with E-state index in [1.807, 2.05) is 7.05 Å². The van der Waals surface area contributed by atoms with Gasteiger partial charge in [-0.1, -0.05) is 38.1 Å². The fourth-order valence-electron chi connectivity index (χ4n) is 2.21. The summed E-state index contributed by atoms with van der Waals surface area (Å²) in [5, 5.41) is 3.41. The van der Waals surface area contributed by atoms with E-state index < -0.39 is 0 Å². The lowest BCUT2D eigenvalue weighted by atomic mass is 10.0. The van der Waals surface area contributed by atoms with Crippen LogP contribution in [0.25, 0.3) is 0 Å². The maximum Gasteiger partial charge on any atom is 0.0589 e. The predicted octanol–water partition coefficient (Wildman–Crippen LogP) is 2.48. The Labute approximate surface area is 118 Å². The van der Waals surface area contributed by atoms with Gasteiger partial charge in [0.05, 0.1) is 6.61 Å². The van der Waals surface area contributed by atoms with Crippen molar-refractivity contribution in [1.82, 2.24) is 10.2 Å². The van der Waals surface area contributed by atoms with Gasteiger partial charge in [-0.15, -0.1) is 0 Å². The molecular formula is C16H28N2O. The molecule has 108 valence electrons. The summed E-state index contributed by atoms with van der Waals surface area (Å²) in [6.07, 6.45) is 1.10. The first-order valence-electron chi connectivity index (χ1n) is 7.22. The number of nitrogens with zero attached hydrogens (tertiary/aromatic N) is 1. The first-order valence-corrected chi connectivity index (χ1v) is 7.22. The molecule has 0 saturated carbocycles. The molecule has 3 nitrogen and oxygen atoms in total. The van der Waals surface area contributed by atoms with Crippen LogP contribution in [0.2, 0.25) is 0 Å². The molecule has 0 spiro atoms. The van der Waals surface area contributed by atoms with Crippen LogP contribution >= 0.6 is 0 Å². The van der Waals surface area contributed by atoms with Gasteiger partial charge < -0.3 is 10.1 Å². The zero-order valence-corrected chi connectivity index (χ0v) is 12.8. The second kappa shape index (κ2) is 9.08. The van der Waals surface area contributed by atoms with E-state index in [1.165, 1.54) is 11.1 Å². The molecule has 0 saturated heterocycles. The topological polar surface area (TPSA) is 24.5 Å². The number of nitrogens with one attached hydrogen (secondary N) is 1. The molecule has 0 heterocycles. The van der Waals surface area contributed by atoms with Gasteiger partial charge in [-0.3, -0.25) is 4.90 Å². The van der Waals surface area contributed by atoms with Crippen LogP contribution in [0.3, 0.4) is 0 Å². The van der Waals surface area contributed by atoms with Gasteiger partial charge in [-0.25, -0.2) is 0 Å². The molecule has 1 rings (SSSR count). The molecule has 3 heteroatoms. The molecule has 1 atom stereocenters. The highest BCUT2D eigenvalue weighted by molar-refractivity contribution is 5.25. The second-order valence-electron chi connectivity index (χ2n) is 4.82. The highest BCUT2D eigenvalue weighted by atomic mass is 16.5. The van der Waals surface area contributed by atoms with Crippen LogP contribution in [0.4, 0.5) is 0 Å². The van der Waals surface area contributed by atoms with E-state index in [2.05, 4.69) is 48.3 Å². The van der Waals surface area contributed by atoms with Gasteiger partial charge in [0.2, 0.25) is 0 Å². The Kier molecular flexibility index (Phi) is 7.72. The Morgan fingerprint density at radius 1 is 1.21 bits per heavy atom. The Morgan fingerprint density at radius 3 is 2.37 bits per heavy atom. The van der Waals surface area contributed by atoms with Crippen LogP contribution in [0.1, 0.15) is 31.0 Å². The fraction of sp³-hybridized carbons (Fsp3) is 0.625. The number of aryl methyl sites for hydroxylation is 1. The molecule has 19 heavy (non-hydrogen) atoms. The van der Waals surface area contributed by atoms with Crippen LogP contribution < -0.4 is 5.32 Å². The summed E-state index contributed by atoms with van der Waals surface area (Å²) >= 11 is 0. The van der Waals surface area contributed by atoms with Crippen molar-refractivity contribution in [3.63, 3.8) is 0 Å². The van der Waals surface area contributed by atoms with Gasteiger partial charge in [0.15, 0.2) is 0 Å². The zero-order chi connectivity index (χ0) is 14.1. The Hall–Kier alpha value is -0.900. The average Bonchev–Trinajstić information content (AvgIpc) is 2.48. The lowest BCUT2D eigenvalue weighted by molar-refractivity contribution is 0.144. The van der Waals surface area contributed by atoms with Crippen LogP contribution in [0.5, 0.6) is 0 Å². The van der Waals surface area contributed by atoms with Gasteiger partial charge in [0.25, 0.3) is 0 Å². The number of ether oxygens (including phenoxy) is 1. The predicted molar refractivity (Wildman–Crippen MR) is 81.6 cm³/mol. The average molecular weight is 264 g/mol. The summed E-state index contributed by atoms with van der Waals surface area (Å²) in [5.74, 6) is 0. The van der Waals surface area contributed by atoms with E-state index in [4.69, 9.17) is 4.74 Å². The summed E-state index contributed by atoms with van der Waals surface area (Å²) in [6, 6.07) is 9.31. The fourth-order valence-corrected chi connectivity index (χ4v) is 2.21. The third kappa shape index (κ3) is 5.31. The van der Waals surface area contributed by atoms with Crippen molar-refractivity contribution in [1.29, 1.82) is 0 Å². The van der Waals surface area contributed by atoms with Crippen molar-refractivity contribution in [2.24, 2.45) is 0 Å². The van der Waals surface area contributed by atoms with Gasteiger partial charge in [-0.05, 0) is 31.1 Å². The quantitative estimate of drug-likeness (QED) is 0.741. The Morgan fingerprint density at radius 2 is 1.89 bits per heavy atom. The van der Waals surface area contributed by atoms with E-state index in [0.29, 0.717) is 6.04 Å². The van der Waals surface area contributed by atoms with E-state index in [0.717, 1.165) is 32.7 Å². The number of likely N-dealkylation sites (N-methyl/N-ethyl adjacent to an activating group) is 2. The first kappa shape index (κ1) is 16.2. The summed E-state index contributed by atoms with van der Waals surface area (Å²) in [7, 11) is 3.79. The number of methoxy groups -OCH3 is 1. The van der Waals surface area contributed by atoms with Crippen LogP contribution in [0.15, 0.2) is 24.3 Å². The van der Waals surface area contributed by atoms with Crippen LogP contribution in [-0.2, 0) is 11.2 Å². The van der Waals surface area contributed by atoms with Gasteiger partial charge in [0.1, 0.15) is 0 Å². The number of hydrogen-bond acceptors (Lipinski definition) is 3. The van der Waals surface area contributed by atoms with E-state index in [9.17, 15) is 0 Å². The molecule has 0 aromatic heterocycles. The largest absolute Gasteiger partial charge is 0.383 e. The van der Waals surface area contributed by atoms with Crippen molar-refractivity contribution >= 4 is 0 Å². The molecule has 1 N–H and O–H groups in total. The molecule has 0 bridgehead atoms. The minimum atomic E-state index is 0.378. The first-order chi connectivity index (χ1) is 9.24. The number of rotatable bonds is 9. The summed E-state index contributed by atoms with van der Waals surface area (Å²) in [6.45, 7) is 8.23. The molecule has 1 aromatic rings. The molecule has 0 radical (unpaired) electrons. The van der Waals surface area contributed by atoms with Gasteiger partial charge >= 0.3 is 0 Å². The third-order valence-electron chi connectivity index (χ3n) is 3.64. The van der Waals surface area contributed by atoms with Crippen molar-refractivity contribution in [2.45, 2.75) is 26.3 Å². The highest BCUT2D eigenvalue weighted by Crippen LogP contribution is 2.15. The zero-order valence-electron chi connectivity index (χ0n) is 12.8. The number of benzene rings is 1. The SMILES string of the molecule is CCc1ccc(C(CN(CC)CCOC)NC)cc1. The Bertz CT molecular complexity index is 337. The summed E-state index contributed by atoms with van der Waals surface area (Å²) < 4.78 is 5.16. The molecule has 0 aliphatic rings. The molecule has 0 amide bonds. The van der Waals surface area contributed by atoms with E-state index in [-0.39, 0.29) is 0 Å². The standard InChI is InChI=1S/C16H28N2O/c1-5-14-7-9-15(10-8-14)16(17-3)13-18(6-2)11-12-19-4/h7-10,16-17H,5-6,11-13H2,1-4H3. The van der Waals surface area contributed by atoms with E-state index >= 15 is 0 Å². The molecule has 0 aliphatic carbocycles. The minimum absolute atomic E-state index is 0.378. The maximum absolute atomic E-state index is 5.16. The minimum Gasteiger partial charge on any atom is -0.383 e. The third-order valence-corrected chi connectivity index (χ3v) is 3.64. The van der Waals surface area contributed by atoms with Crippen molar-refractivity contribution in [3.05, 3.63) is 35.4 Å².